The van der Waals surface area contributed by atoms with Crippen LogP contribution >= 0.6 is 15.9 Å². The minimum atomic E-state index is 0.546. The third kappa shape index (κ3) is 1.95. The molecule has 0 amide bonds. The number of hydrogen-bond donors (Lipinski definition) is 1. The SMILES string of the molecule is Nc1cnn(C2CCCCCC2)c1Br. The van der Waals surface area contributed by atoms with Gasteiger partial charge >= 0.3 is 0 Å². The molecule has 78 valence electrons. The van der Waals surface area contributed by atoms with E-state index in [0.717, 1.165) is 10.3 Å². The van der Waals surface area contributed by atoms with Gasteiger partial charge in [-0.25, -0.2) is 0 Å². The largest absolute Gasteiger partial charge is 0.395 e. The van der Waals surface area contributed by atoms with Crippen LogP contribution in [0.15, 0.2) is 10.8 Å². The number of rotatable bonds is 1. The number of hydrogen-bond acceptors (Lipinski definition) is 2. The van der Waals surface area contributed by atoms with Crippen molar-refractivity contribution < 1.29 is 0 Å². The van der Waals surface area contributed by atoms with Crippen LogP contribution in [0.1, 0.15) is 44.6 Å². The zero-order valence-electron chi connectivity index (χ0n) is 8.25. The Morgan fingerprint density at radius 3 is 2.43 bits per heavy atom. The number of aromatic nitrogens is 2. The molecule has 0 radical (unpaired) electrons. The minimum absolute atomic E-state index is 0.546. The molecule has 1 aliphatic carbocycles. The first-order valence-corrected chi connectivity index (χ1v) is 6.07. The molecule has 0 spiro atoms. The third-order valence-electron chi connectivity index (χ3n) is 2.93. The smallest absolute Gasteiger partial charge is 0.127 e. The van der Waals surface area contributed by atoms with Gasteiger partial charge in [-0.15, -0.1) is 0 Å². The van der Waals surface area contributed by atoms with E-state index in [-0.39, 0.29) is 0 Å². The lowest BCUT2D eigenvalue weighted by atomic mass is 10.1. The lowest BCUT2D eigenvalue weighted by Crippen LogP contribution is -2.10. The lowest BCUT2D eigenvalue weighted by molar-refractivity contribution is 0.399. The van der Waals surface area contributed by atoms with E-state index in [2.05, 4.69) is 21.0 Å². The molecule has 1 saturated carbocycles. The zero-order chi connectivity index (χ0) is 9.97. The van der Waals surface area contributed by atoms with Gasteiger partial charge in [-0.2, -0.15) is 5.10 Å². The van der Waals surface area contributed by atoms with E-state index < -0.39 is 0 Å². The molecule has 0 aliphatic heterocycles. The van der Waals surface area contributed by atoms with Crippen LogP contribution < -0.4 is 5.73 Å². The van der Waals surface area contributed by atoms with Crippen LogP contribution in [0, 0.1) is 0 Å². The quantitative estimate of drug-likeness (QED) is 0.786. The van der Waals surface area contributed by atoms with E-state index >= 15 is 0 Å². The molecule has 1 aromatic heterocycles. The Kier molecular flexibility index (Phi) is 3.11. The van der Waals surface area contributed by atoms with E-state index in [9.17, 15) is 0 Å². The van der Waals surface area contributed by atoms with Gasteiger partial charge in [0.2, 0.25) is 0 Å². The molecule has 2 N–H and O–H groups in total. The number of halogens is 1. The molecule has 0 unspecified atom stereocenters. The second-order valence-electron chi connectivity index (χ2n) is 3.98. The Morgan fingerprint density at radius 2 is 1.93 bits per heavy atom. The predicted octanol–water partition coefficient (Wildman–Crippen LogP) is 3.12. The molecule has 0 saturated heterocycles. The maximum absolute atomic E-state index is 5.76. The molecule has 14 heavy (non-hydrogen) atoms. The second-order valence-corrected chi connectivity index (χ2v) is 4.73. The van der Waals surface area contributed by atoms with Crippen LogP contribution in [0.4, 0.5) is 5.69 Å². The summed E-state index contributed by atoms with van der Waals surface area (Å²) in [4.78, 5) is 0. The highest BCUT2D eigenvalue weighted by molar-refractivity contribution is 9.10. The van der Waals surface area contributed by atoms with E-state index in [4.69, 9.17) is 5.73 Å². The number of nitrogens with two attached hydrogens (primary N) is 1. The monoisotopic (exact) mass is 257 g/mol. The molecule has 4 heteroatoms. The molecular formula is C10H16BrN3. The molecule has 0 aromatic carbocycles. The third-order valence-corrected chi connectivity index (χ3v) is 3.75. The molecule has 2 rings (SSSR count). The summed E-state index contributed by atoms with van der Waals surface area (Å²) in [5.74, 6) is 0. The van der Waals surface area contributed by atoms with Gasteiger partial charge in [-0.3, -0.25) is 4.68 Å². The highest BCUT2D eigenvalue weighted by atomic mass is 79.9. The van der Waals surface area contributed by atoms with Crippen molar-refractivity contribution in [2.24, 2.45) is 0 Å². The first-order valence-electron chi connectivity index (χ1n) is 5.27. The summed E-state index contributed by atoms with van der Waals surface area (Å²) in [7, 11) is 0. The standard InChI is InChI=1S/C10H16BrN3/c11-10-9(12)7-13-14(10)8-5-3-1-2-4-6-8/h7-8H,1-6,12H2. The van der Waals surface area contributed by atoms with Crippen LogP contribution in [0.3, 0.4) is 0 Å². The normalized spacial score (nSPS) is 19.5. The van der Waals surface area contributed by atoms with Crippen molar-refractivity contribution in [3.05, 3.63) is 10.8 Å². The molecule has 0 bridgehead atoms. The van der Waals surface area contributed by atoms with E-state index in [1.54, 1.807) is 6.20 Å². The summed E-state index contributed by atoms with van der Waals surface area (Å²) in [5.41, 5.74) is 6.50. The molecule has 3 nitrogen and oxygen atoms in total. The maximum Gasteiger partial charge on any atom is 0.127 e. The first kappa shape index (κ1) is 10.0. The van der Waals surface area contributed by atoms with E-state index in [1.165, 1.54) is 38.5 Å². The number of nitrogen functional groups attached to an aromatic ring is 1. The van der Waals surface area contributed by atoms with Crippen LogP contribution in [0.5, 0.6) is 0 Å². The van der Waals surface area contributed by atoms with Gasteiger partial charge in [0.15, 0.2) is 0 Å². The van der Waals surface area contributed by atoms with Crippen molar-refractivity contribution in [3.8, 4) is 0 Å². The summed E-state index contributed by atoms with van der Waals surface area (Å²) >= 11 is 3.49. The highest BCUT2D eigenvalue weighted by Crippen LogP contribution is 2.31. The Hall–Kier alpha value is -0.510. The van der Waals surface area contributed by atoms with Gasteiger partial charge in [0.25, 0.3) is 0 Å². The van der Waals surface area contributed by atoms with Crippen molar-refractivity contribution in [2.45, 2.75) is 44.6 Å². The van der Waals surface area contributed by atoms with E-state index in [0.29, 0.717) is 6.04 Å². The fourth-order valence-electron chi connectivity index (χ4n) is 2.12. The summed E-state index contributed by atoms with van der Waals surface area (Å²) < 4.78 is 2.99. The van der Waals surface area contributed by atoms with Crippen LogP contribution in [0.25, 0.3) is 0 Å². The van der Waals surface area contributed by atoms with Gasteiger partial charge in [0, 0.05) is 0 Å². The number of anilines is 1. The van der Waals surface area contributed by atoms with Crippen LogP contribution in [-0.2, 0) is 0 Å². The van der Waals surface area contributed by atoms with Gasteiger partial charge in [-0.05, 0) is 28.8 Å². The van der Waals surface area contributed by atoms with Crippen molar-refractivity contribution in [2.75, 3.05) is 5.73 Å². The summed E-state index contributed by atoms with van der Waals surface area (Å²) in [6.45, 7) is 0. The summed E-state index contributed by atoms with van der Waals surface area (Å²) in [5, 5.41) is 4.33. The van der Waals surface area contributed by atoms with Gasteiger partial charge < -0.3 is 5.73 Å². The Bertz CT molecular complexity index is 300. The Balaban J connectivity index is 2.16. The van der Waals surface area contributed by atoms with Gasteiger partial charge in [0.1, 0.15) is 4.60 Å². The topological polar surface area (TPSA) is 43.8 Å². The van der Waals surface area contributed by atoms with Crippen LogP contribution in [-0.4, -0.2) is 9.78 Å². The predicted molar refractivity (Wildman–Crippen MR) is 61.1 cm³/mol. The maximum atomic E-state index is 5.76. The fourth-order valence-corrected chi connectivity index (χ4v) is 2.60. The molecule has 1 fully saturated rings. The van der Waals surface area contributed by atoms with E-state index in [1.807, 2.05) is 4.68 Å². The molecule has 1 aromatic rings. The Labute approximate surface area is 92.8 Å². The highest BCUT2D eigenvalue weighted by Gasteiger charge is 2.17. The average Bonchev–Trinajstić information content (AvgIpc) is 2.47. The molecular weight excluding hydrogens is 242 g/mol. The summed E-state index contributed by atoms with van der Waals surface area (Å²) in [6, 6.07) is 0.546. The molecule has 1 heterocycles. The second kappa shape index (κ2) is 4.34. The van der Waals surface area contributed by atoms with Crippen LogP contribution in [0.2, 0.25) is 0 Å². The van der Waals surface area contributed by atoms with Gasteiger partial charge in [0.05, 0.1) is 17.9 Å². The van der Waals surface area contributed by atoms with Crippen molar-refractivity contribution in [3.63, 3.8) is 0 Å². The fraction of sp³-hybridized carbons (Fsp3) is 0.700. The van der Waals surface area contributed by atoms with Crippen molar-refractivity contribution in [1.82, 2.24) is 9.78 Å². The lowest BCUT2D eigenvalue weighted by Gasteiger charge is -2.15. The van der Waals surface area contributed by atoms with Gasteiger partial charge in [-0.1, -0.05) is 25.7 Å². The summed E-state index contributed by atoms with van der Waals surface area (Å²) in [6.07, 6.45) is 9.57. The average molecular weight is 258 g/mol. The van der Waals surface area contributed by atoms with Crippen molar-refractivity contribution in [1.29, 1.82) is 0 Å². The Morgan fingerprint density at radius 1 is 1.29 bits per heavy atom. The first-order chi connectivity index (χ1) is 6.79. The molecule has 0 atom stereocenters. The molecule has 1 aliphatic rings. The van der Waals surface area contributed by atoms with Crippen molar-refractivity contribution >= 4 is 21.6 Å². The zero-order valence-corrected chi connectivity index (χ0v) is 9.83. The minimum Gasteiger partial charge on any atom is -0.395 e. The number of nitrogens with zero attached hydrogens (tertiary/aromatic N) is 2.